The molecule has 2 nitrogen and oxygen atoms in total. The highest BCUT2D eigenvalue weighted by atomic mass is 35.5. The Bertz CT molecular complexity index is 1350. The fraction of sp³-hybridized carbons (Fsp3) is 0.0800. The van der Waals surface area contributed by atoms with Gasteiger partial charge in [0.25, 0.3) is 0 Å². The summed E-state index contributed by atoms with van der Waals surface area (Å²) in [5.74, 6) is 0.887. The standard InChI is InChI=1S/C25H18F3N2.ClH/c1-15-6-11-23-19(12-15)21(14-30-23)24(16-7-9-17(10-8-16)25(26,27)28)20-13-29-22-5-3-2-4-18(20)22;/h2-14,29-30H,1H3;1H. The lowest BCUT2D eigenvalue weighted by molar-refractivity contribution is -0.137. The summed E-state index contributed by atoms with van der Waals surface area (Å²) < 4.78 is 39.3. The minimum Gasteiger partial charge on any atom is -0.361 e. The minimum atomic E-state index is -4.36. The molecule has 3 aromatic carbocycles. The summed E-state index contributed by atoms with van der Waals surface area (Å²) in [6.45, 7) is 2.03. The molecule has 0 atom stereocenters. The topological polar surface area (TPSA) is 31.6 Å². The molecule has 0 aliphatic rings. The molecule has 0 spiro atoms. The van der Waals surface area contributed by atoms with Gasteiger partial charge in [-0.25, -0.2) is 0 Å². The fourth-order valence-electron chi connectivity index (χ4n) is 4.00. The number of para-hydroxylation sites is 1. The van der Waals surface area contributed by atoms with Gasteiger partial charge in [0, 0.05) is 34.2 Å². The zero-order valence-electron chi connectivity index (χ0n) is 16.5. The Morgan fingerprint density at radius 3 is 2.03 bits per heavy atom. The second kappa shape index (κ2) is 7.82. The average molecular weight is 440 g/mol. The maximum absolute atomic E-state index is 13.1. The summed E-state index contributed by atoms with van der Waals surface area (Å²) in [6, 6.07) is 19.5. The number of H-pyrrole nitrogens is 2. The predicted octanol–water partition coefficient (Wildman–Crippen LogP) is 7.42. The van der Waals surface area contributed by atoms with Gasteiger partial charge in [-0.15, -0.1) is 12.4 Å². The van der Waals surface area contributed by atoms with Gasteiger partial charge in [0.05, 0.1) is 11.5 Å². The molecular formula is C25H19ClF3N2. The Hall–Kier alpha value is -3.18. The number of benzene rings is 3. The molecule has 2 aromatic heterocycles. The van der Waals surface area contributed by atoms with Crippen LogP contribution in [-0.2, 0) is 6.18 Å². The summed E-state index contributed by atoms with van der Waals surface area (Å²) in [5.41, 5.74) is 5.07. The zero-order chi connectivity index (χ0) is 20.9. The van der Waals surface area contributed by atoms with E-state index in [2.05, 4.69) is 16.0 Å². The van der Waals surface area contributed by atoms with Gasteiger partial charge in [-0.1, -0.05) is 42.0 Å². The van der Waals surface area contributed by atoms with Gasteiger partial charge in [0.15, 0.2) is 0 Å². The fourth-order valence-corrected chi connectivity index (χ4v) is 4.00. The molecule has 0 fully saturated rings. The lowest BCUT2D eigenvalue weighted by Gasteiger charge is -2.17. The van der Waals surface area contributed by atoms with Gasteiger partial charge in [-0.3, -0.25) is 0 Å². The van der Waals surface area contributed by atoms with E-state index in [-0.39, 0.29) is 12.4 Å². The summed E-state index contributed by atoms with van der Waals surface area (Å²) >= 11 is 0. The first kappa shape index (κ1) is 21.1. The third-order valence-electron chi connectivity index (χ3n) is 5.47. The number of aryl methyl sites for hydroxylation is 1. The third-order valence-corrected chi connectivity index (χ3v) is 5.47. The first-order chi connectivity index (χ1) is 14.4. The molecule has 0 saturated heterocycles. The number of alkyl halides is 3. The molecule has 0 unspecified atom stereocenters. The van der Waals surface area contributed by atoms with Crippen LogP contribution in [0.5, 0.6) is 0 Å². The number of halogens is 4. The lowest BCUT2D eigenvalue weighted by atomic mass is 9.84. The van der Waals surface area contributed by atoms with Crippen LogP contribution in [0.15, 0.2) is 79.1 Å². The normalized spacial score (nSPS) is 11.9. The molecule has 0 amide bonds. The van der Waals surface area contributed by atoms with Gasteiger partial charge in [0.1, 0.15) is 0 Å². The van der Waals surface area contributed by atoms with Crippen molar-refractivity contribution in [1.29, 1.82) is 0 Å². The van der Waals surface area contributed by atoms with E-state index < -0.39 is 11.7 Å². The molecule has 0 aliphatic heterocycles. The zero-order valence-corrected chi connectivity index (χ0v) is 17.4. The van der Waals surface area contributed by atoms with Crippen LogP contribution in [0.4, 0.5) is 13.2 Å². The van der Waals surface area contributed by atoms with Crippen LogP contribution < -0.4 is 0 Å². The van der Waals surface area contributed by atoms with Crippen molar-refractivity contribution < 1.29 is 13.2 Å². The van der Waals surface area contributed by atoms with E-state index in [0.717, 1.165) is 62.1 Å². The molecule has 5 rings (SSSR count). The van der Waals surface area contributed by atoms with Gasteiger partial charge in [-0.05, 0) is 53.9 Å². The highest BCUT2D eigenvalue weighted by Gasteiger charge is 2.31. The van der Waals surface area contributed by atoms with E-state index >= 15 is 0 Å². The van der Waals surface area contributed by atoms with Crippen molar-refractivity contribution in [2.24, 2.45) is 0 Å². The van der Waals surface area contributed by atoms with E-state index in [0.29, 0.717) is 0 Å². The maximum atomic E-state index is 13.1. The van der Waals surface area contributed by atoms with Crippen molar-refractivity contribution in [2.75, 3.05) is 0 Å². The van der Waals surface area contributed by atoms with E-state index in [1.54, 1.807) is 12.1 Å². The number of hydrogen-bond acceptors (Lipinski definition) is 0. The van der Waals surface area contributed by atoms with Crippen molar-refractivity contribution in [2.45, 2.75) is 13.1 Å². The van der Waals surface area contributed by atoms with E-state index in [1.165, 1.54) is 0 Å². The number of aromatic nitrogens is 2. The van der Waals surface area contributed by atoms with Gasteiger partial charge < -0.3 is 9.97 Å². The molecule has 5 aromatic rings. The van der Waals surface area contributed by atoms with Crippen LogP contribution in [0, 0.1) is 12.8 Å². The van der Waals surface area contributed by atoms with Crippen molar-refractivity contribution in [1.82, 2.24) is 9.97 Å². The Balaban J connectivity index is 0.00000231. The number of rotatable bonds is 3. The molecule has 0 bridgehead atoms. The first-order valence-electron chi connectivity index (χ1n) is 9.61. The predicted molar refractivity (Wildman–Crippen MR) is 121 cm³/mol. The largest absolute Gasteiger partial charge is 0.416 e. The SMILES string of the molecule is Cc1ccc2[nH]cc([C](c3ccc(C(F)(F)F)cc3)c3c[nH]c4ccccc34)c2c1.Cl. The Kier molecular flexibility index (Phi) is 5.31. The van der Waals surface area contributed by atoms with Gasteiger partial charge in [-0.2, -0.15) is 13.2 Å². The lowest BCUT2D eigenvalue weighted by Crippen LogP contribution is -2.07. The monoisotopic (exact) mass is 439 g/mol. The Morgan fingerprint density at radius 2 is 1.35 bits per heavy atom. The van der Waals surface area contributed by atoms with Crippen LogP contribution >= 0.6 is 12.4 Å². The second-order valence-corrected chi connectivity index (χ2v) is 7.45. The summed E-state index contributed by atoms with van der Waals surface area (Å²) in [4.78, 5) is 6.58. The van der Waals surface area contributed by atoms with Crippen molar-refractivity contribution in [3.63, 3.8) is 0 Å². The van der Waals surface area contributed by atoms with E-state index in [4.69, 9.17) is 0 Å². The molecule has 1 radical (unpaired) electrons. The molecular weight excluding hydrogens is 421 g/mol. The molecule has 2 N–H and O–H groups in total. The van der Waals surface area contributed by atoms with Gasteiger partial charge >= 0.3 is 6.18 Å². The van der Waals surface area contributed by atoms with Crippen LogP contribution in [-0.4, -0.2) is 9.97 Å². The summed E-state index contributed by atoms with van der Waals surface area (Å²) in [6.07, 6.45) is -0.511. The minimum absolute atomic E-state index is 0. The van der Waals surface area contributed by atoms with E-state index in [1.807, 2.05) is 55.7 Å². The first-order valence-corrected chi connectivity index (χ1v) is 9.61. The average Bonchev–Trinajstić information content (AvgIpc) is 3.33. The van der Waals surface area contributed by atoms with Crippen LogP contribution in [0.25, 0.3) is 21.8 Å². The molecule has 31 heavy (non-hydrogen) atoms. The second-order valence-electron chi connectivity index (χ2n) is 7.45. The van der Waals surface area contributed by atoms with Crippen LogP contribution in [0.2, 0.25) is 0 Å². The molecule has 0 saturated carbocycles. The van der Waals surface area contributed by atoms with Crippen LogP contribution in [0.1, 0.15) is 27.8 Å². The third kappa shape index (κ3) is 3.70. The summed E-state index contributed by atoms with van der Waals surface area (Å²) in [7, 11) is 0. The van der Waals surface area contributed by atoms with E-state index in [9.17, 15) is 13.2 Å². The molecule has 157 valence electrons. The van der Waals surface area contributed by atoms with Crippen LogP contribution in [0.3, 0.4) is 0 Å². The Morgan fingerprint density at radius 1 is 0.742 bits per heavy atom. The van der Waals surface area contributed by atoms with Gasteiger partial charge in [0.2, 0.25) is 0 Å². The van der Waals surface area contributed by atoms with Crippen molar-refractivity contribution in [3.8, 4) is 0 Å². The summed E-state index contributed by atoms with van der Waals surface area (Å²) in [5, 5.41) is 2.06. The number of fused-ring (bicyclic) bond motifs is 2. The highest BCUT2D eigenvalue weighted by molar-refractivity contribution is 5.93. The number of hydrogen-bond donors (Lipinski definition) is 2. The quantitative estimate of drug-likeness (QED) is 0.293. The van der Waals surface area contributed by atoms with Crippen molar-refractivity contribution >= 4 is 34.2 Å². The number of nitrogens with one attached hydrogen (secondary N) is 2. The maximum Gasteiger partial charge on any atom is 0.416 e. The highest BCUT2D eigenvalue weighted by Crippen LogP contribution is 2.39. The smallest absolute Gasteiger partial charge is 0.361 e. The Labute approximate surface area is 183 Å². The molecule has 0 aliphatic carbocycles. The number of aromatic amines is 2. The molecule has 6 heteroatoms. The van der Waals surface area contributed by atoms with Crippen molar-refractivity contribution in [3.05, 3.63) is 113 Å². The molecule has 2 heterocycles.